The summed E-state index contributed by atoms with van der Waals surface area (Å²) in [5, 5.41) is 0. The second-order valence-electron chi connectivity index (χ2n) is 9.23. The minimum Gasteiger partial charge on any atom is -0.463 e. The fourth-order valence-corrected chi connectivity index (χ4v) is 4.26. The van der Waals surface area contributed by atoms with E-state index in [-0.39, 0.29) is 0 Å². The third-order valence-corrected chi connectivity index (χ3v) is 6.28. The predicted octanol–water partition coefficient (Wildman–Crippen LogP) is 7.69. The van der Waals surface area contributed by atoms with Gasteiger partial charge in [0.1, 0.15) is 0 Å². The number of carbonyl (C=O) groups excluding carboxylic acids is 2. The van der Waals surface area contributed by atoms with Gasteiger partial charge < -0.3 is 9.47 Å². The molecule has 180 valence electrons. The Balaban J connectivity index is 1.83. The molecule has 0 atom stereocenters. The van der Waals surface area contributed by atoms with Crippen molar-refractivity contribution in [2.24, 2.45) is 5.92 Å². The lowest BCUT2D eigenvalue weighted by molar-refractivity contribution is -0.141. The third-order valence-electron chi connectivity index (χ3n) is 6.28. The quantitative estimate of drug-likeness (QED) is 0.118. The zero-order valence-corrected chi connectivity index (χ0v) is 20.2. The molecule has 0 N–H and O–H groups in total. The number of carbonyl (C=O) groups is 2. The van der Waals surface area contributed by atoms with Gasteiger partial charge in [-0.2, -0.15) is 0 Å². The standard InChI is InChI=1S/C27H48O4/c1-2-3-4-5-6-7-8-9-10-11-12-13-14-18-23-30-26(28)21-22-27(29)31-24-25-19-16-15-17-20-25/h21-22,25H,2-20,23-24H2,1H3/b22-21+. The van der Waals surface area contributed by atoms with E-state index < -0.39 is 11.9 Å². The summed E-state index contributed by atoms with van der Waals surface area (Å²) in [6.07, 6.45) is 26.7. The van der Waals surface area contributed by atoms with Gasteiger partial charge in [-0.25, -0.2) is 9.59 Å². The zero-order valence-electron chi connectivity index (χ0n) is 20.2. The lowest BCUT2D eigenvalue weighted by atomic mass is 9.90. The molecule has 0 radical (unpaired) electrons. The van der Waals surface area contributed by atoms with Crippen LogP contribution < -0.4 is 0 Å². The first-order valence-electron chi connectivity index (χ1n) is 13.2. The average Bonchev–Trinajstić information content (AvgIpc) is 2.79. The van der Waals surface area contributed by atoms with Gasteiger partial charge in [-0.05, 0) is 25.2 Å². The summed E-state index contributed by atoms with van der Waals surface area (Å²) in [5.74, 6) is -0.415. The smallest absolute Gasteiger partial charge is 0.331 e. The van der Waals surface area contributed by atoms with Gasteiger partial charge in [-0.3, -0.25) is 0 Å². The molecule has 0 aromatic heterocycles. The SMILES string of the molecule is CCCCCCCCCCCCCCCCOC(=O)/C=C/C(=O)OCC1CCCCC1. The summed E-state index contributed by atoms with van der Waals surface area (Å²) in [6.45, 7) is 3.17. The molecule has 1 rings (SSSR count). The van der Waals surface area contributed by atoms with E-state index in [1.54, 1.807) is 0 Å². The van der Waals surface area contributed by atoms with Crippen LogP contribution in [0.3, 0.4) is 0 Å². The summed E-state index contributed by atoms with van der Waals surface area (Å²) < 4.78 is 10.4. The lowest BCUT2D eigenvalue weighted by Crippen LogP contribution is -2.15. The predicted molar refractivity (Wildman–Crippen MR) is 128 cm³/mol. The minimum atomic E-state index is -0.454. The molecule has 0 aromatic carbocycles. The molecule has 0 aromatic rings. The van der Waals surface area contributed by atoms with Gasteiger partial charge in [-0.15, -0.1) is 0 Å². The van der Waals surface area contributed by atoms with Crippen molar-refractivity contribution in [2.45, 2.75) is 129 Å². The maximum absolute atomic E-state index is 11.7. The first kappa shape index (κ1) is 27.7. The summed E-state index contributed by atoms with van der Waals surface area (Å²) in [7, 11) is 0. The van der Waals surface area contributed by atoms with Crippen LogP contribution >= 0.6 is 0 Å². The van der Waals surface area contributed by atoms with Crippen molar-refractivity contribution in [1.82, 2.24) is 0 Å². The molecular formula is C27H48O4. The molecule has 0 spiro atoms. The number of esters is 2. The van der Waals surface area contributed by atoms with Gasteiger partial charge in [0.15, 0.2) is 0 Å². The Morgan fingerprint density at radius 1 is 0.645 bits per heavy atom. The molecule has 0 unspecified atom stereocenters. The number of hydrogen-bond acceptors (Lipinski definition) is 4. The van der Waals surface area contributed by atoms with Gasteiger partial charge in [0.2, 0.25) is 0 Å². The van der Waals surface area contributed by atoms with E-state index in [4.69, 9.17) is 9.47 Å². The number of hydrogen-bond donors (Lipinski definition) is 0. The first-order valence-corrected chi connectivity index (χ1v) is 13.2. The van der Waals surface area contributed by atoms with Crippen LogP contribution in [0.15, 0.2) is 12.2 Å². The average molecular weight is 437 g/mol. The number of ether oxygens (including phenoxy) is 2. The molecule has 4 nitrogen and oxygen atoms in total. The minimum absolute atomic E-state index is 0.429. The van der Waals surface area contributed by atoms with Gasteiger partial charge in [-0.1, -0.05) is 110 Å². The van der Waals surface area contributed by atoms with Crippen LogP contribution in [0.25, 0.3) is 0 Å². The van der Waals surface area contributed by atoms with Crippen molar-refractivity contribution >= 4 is 11.9 Å². The molecule has 4 heteroatoms. The Morgan fingerprint density at radius 3 is 1.61 bits per heavy atom. The van der Waals surface area contributed by atoms with Gasteiger partial charge >= 0.3 is 11.9 Å². The summed E-state index contributed by atoms with van der Waals surface area (Å²) in [6, 6.07) is 0. The normalized spacial score (nSPS) is 14.7. The van der Waals surface area contributed by atoms with Crippen LogP contribution in [0.5, 0.6) is 0 Å². The first-order chi connectivity index (χ1) is 15.2. The fourth-order valence-electron chi connectivity index (χ4n) is 4.26. The van der Waals surface area contributed by atoms with Gasteiger partial charge in [0, 0.05) is 12.2 Å². The van der Waals surface area contributed by atoms with Crippen molar-refractivity contribution in [3.63, 3.8) is 0 Å². The van der Waals surface area contributed by atoms with E-state index in [1.807, 2.05) is 0 Å². The summed E-state index contributed by atoms with van der Waals surface area (Å²) >= 11 is 0. The van der Waals surface area contributed by atoms with Crippen LogP contribution in [0.2, 0.25) is 0 Å². The summed E-state index contributed by atoms with van der Waals surface area (Å²) in [5.41, 5.74) is 0. The van der Waals surface area contributed by atoms with Crippen molar-refractivity contribution in [3.05, 3.63) is 12.2 Å². The van der Waals surface area contributed by atoms with Crippen molar-refractivity contribution < 1.29 is 19.1 Å². The Bertz CT molecular complexity index is 466. The highest BCUT2D eigenvalue weighted by atomic mass is 16.5. The Kier molecular flexibility index (Phi) is 18.4. The van der Waals surface area contributed by atoms with E-state index in [2.05, 4.69) is 6.92 Å². The molecule has 1 fully saturated rings. The number of unbranched alkanes of at least 4 members (excludes halogenated alkanes) is 13. The van der Waals surface area contributed by atoms with Crippen molar-refractivity contribution in [3.8, 4) is 0 Å². The lowest BCUT2D eigenvalue weighted by Gasteiger charge is -2.20. The second kappa shape index (κ2) is 20.6. The van der Waals surface area contributed by atoms with Crippen LogP contribution in [-0.2, 0) is 19.1 Å². The second-order valence-corrected chi connectivity index (χ2v) is 9.23. The maximum Gasteiger partial charge on any atom is 0.331 e. The van der Waals surface area contributed by atoms with Crippen LogP contribution in [0, 0.1) is 5.92 Å². The van der Waals surface area contributed by atoms with E-state index >= 15 is 0 Å². The van der Waals surface area contributed by atoms with E-state index in [0.717, 1.165) is 25.7 Å². The third kappa shape index (κ3) is 18.0. The van der Waals surface area contributed by atoms with Gasteiger partial charge in [0.25, 0.3) is 0 Å². The van der Waals surface area contributed by atoms with Crippen molar-refractivity contribution in [1.29, 1.82) is 0 Å². The highest BCUT2D eigenvalue weighted by Gasteiger charge is 2.14. The zero-order chi connectivity index (χ0) is 22.4. The van der Waals surface area contributed by atoms with Crippen LogP contribution in [-0.4, -0.2) is 25.2 Å². The molecule has 1 aliphatic rings. The topological polar surface area (TPSA) is 52.6 Å². The maximum atomic E-state index is 11.7. The van der Waals surface area contributed by atoms with Crippen LogP contribution in [0.1, 0.15) is 129 Å². The summed E-state index contributed by atoms with van der Waals surface area (Å²) in [4.78, 5) is 23.4. The van der Waals surface area contributed by atoms with E-state index in [9.17, 15) is 9.59 Å². The molecule has 31 heavy (non-hydrogen) atoms. The molecule has 0 amide bonds. The number of rotatable bonds is 19. The molecule has 0 aliphatic heterocycles. The Hall–Kier alpha value is -1.32. The molecule has 1 aliphatic carbocycles. The molecular weight excluding hydrogens is 388 g/mol. The van der Waals surface area contributed by atoms with Crippen molar-refractivity contribution in [2.75, 3.05) is 13.2 Å². The molecule has 0 heterocycles. The van der Waals surface area contributed by atoms with Gasteiger partial charge in [0.05, 0.1) is 13.2 Å². The monoisotopic (exact) mass is 436 g/mol. The van der Waals surface area contributed by atoms with E-state index in [1.165, 1.54) is 108 Å². The molecule has 1 saturated carbocycles. The Morgan fingerprint density at radius 2 is 1.10 bits per heavy atom. The van der Waals surface area contributed by atoms with Crippen LogP contribution in [0.4, 0.5) is 0 Å². The molecule has 0 saturated heterocycles. The largest absolute Gasteiger partial charge is 0.463 e. The molecule has 0 bridgehead atoms. The fraction of sp³-hybridized carbons (Fsp3) is 0.852. The van der Waals surface area contributed by atoms with E-state index in [0.29, 0.717) is 19.1 Å². The highest BCUT2D eigenvalue weighted by Crippen LogP contribution is 2.23. The Labute approximate surface area is 191 Å². The highest BCUT2D eigenvalue weighted by molar-refractivity contribution is 5.91.